The van der Waals surface area contributed by atoms with Crippen molar-refractivity contribution in [1.82, 2.24) is 9.80 Å². The number of likely N-dealkylation sites (N-methyl/N-ethyl adjacent to an activating group) is 1. The number of carbonyl (C=O) groups is 3. The Morgan fingerprint density at radius 1 is 1.19 bits per heavy atom. The second-order valence-electron chi connectivity index (χ2n) is 6.24. The van der Waals surface area contributed by atoms with E-state index in [2.05, 4.69) is 4.99 Å². The minimum absolute atomic E-state index is 0.0633. The molecule has 1 heterocycles. The molecule has 0 atom stereocenters. The molecule has 9 heteroatoms. The van der Waals surface area contributed by atoms with E-state index in [0.717, 1.165) is 0 Å². The summed E-state index contributed by atoms with van der Waals surface area (Å²) < 4.78 is 0. The predicted octanol–water partition coefficient (Wildman–Crippen LogP) is -0.0133. The van der Waals surface area contributed by atoms with Gasteiger partial charge >= 0.3 is 5.97 Å². The Hall–Kier alpha value is -3.10. The van der Waals surface area contributed by atoms with Gasteiger partial charge in [-0.2, -0.15) is 0 Å². The zero-order valence-corrected chi connectivity index (χ0v) is 14.6. The van der Waals surface area contributed by atoms with Crippen LogP contribution in [0, 0.1) is 5.92 Å². The van der Waals surface area contributed by atoms with Crippen LogP contribution in [0.4, 0.5) is 5.69 Å². The Morgan fingerprint density at radius 3 is 2.27 bits per heavy atom. The van der Waals surface area contributed by atoms with Gasteiger partial charge in [0.2, 0.25) is 5.91 Å². The van der Waals surface area contributed by atoms with Crippen LogP contribution in [0.5, 0.6) is 0 Å². The number of rotatable bonds is 5. The normalized spacial score (nSPS) is 14.6. The summed E-state index contributed by atoms with van der Waals surface area (Å²) in [6.45, 7) is 0.725. The summed E-state index contributed by atoms with van der Waals surface area (Å²) in [7, 11) is 1.55. The fraction of sp³-hybridized carbons (Fsp3) is 0.412. The lowest BCUT2D eigenvalue weighted by Crippen LogP contribution is -2.45. The highest BCUT2D eigenvalue weighted by Crippen LogP contribution is 2.18. The highest BCUT2D eigenvalue weighted by molar-refractivity contribution is 5.96. The van der Waals surface area contributed by atoms with Gasteiger partial charge in [0.25, 0.3) is 5.91 Å². The number of likely N-dealkylation sites (tertiary alicyclic amines) is 1. The molecule has 2 amide bonds. The van der Waals surface area contributed by atoms with Gasteiger partial charge in [0.1, 0.15) is 0 Å². The van der Waals surface area contributed by atoms with Crippen LogP contribution in [-0.2, 0) is 9.59 Å². The number of amides is 2. The van der Waals surface area contributed by atoms with E-state index >= 15 is 0 Å². The summed E-state index contributed by atoms with van der Waals surface area (Å²) >= 11 is 0. The molecule has 0 saturated carbocycles. The molecule has 0 bridgehead atoms. The Bertz CT molecular complexity index is 704. The van der Waals surface area contributed by atoms with Gasteiger partial charge in [0, 0.05) is 25.7 Å². The molecule has 2 rings (SSSR count). The van der Waals surface area contributed by atoms with Crippen LogP contribution in [0.25, 0.3) is 0 Å². The van der Waals surface area contributed by atoms with Gasteiger partial charge in [-0.05, 0) is 37.1 Å². The quantitative estimate of drug-likeness (QED) is 0.497. The average Bonchev–Trinajstić information content (AvgIpc) is 2.61. The lowest BCUT2D eigenvalue weighted by Gasteiger charge is -2.31. The first-order valence-corrected chi connectivity index (χ1v) is 8.23. The maximum atomic E-state index is 12.4. The van der Waals surface area contributed by atoms with Crippen molar-refractivity contribution in [2.24, 2.45) is 22.4 Å². The van der Waals surface area contributed by atoms with Crippen LogP contribution >= 0.6 is 0 Å². The third-order valence-electron chi connectivity index (χ3n) is 4.29. The molecule has 1 aromatic carbocycles. The Balaban J connectivity index is 1.91. The monoisotopic (exact) mass is 361 g/mol. The van der Waals surface area contributed by atoms with Gasteiger partial charge in [-0.25, -0.2) is 4.99 Å². The van der Waals surface area contributed by atoms with E-state index in [-0.39, 0.29) is 24.3 Å². The zero-order valence-electron chi connectivity index (χ0n) is 14.6. The van der Waals surface area contributed by atoms with E-state index in [1.54, 1.807) is 36.2 Å². The molecule has 1 aliphatic rings. The number of carboxylic acids is 1. The van der Waals surface area contributed by atoms with Crippen molar-refractivity contribution in [3.8, 4) is 0 Å². The van der Waals surface area contributed by atoms with Crippen molar-refractivity contribution >= 4 is 29.4 Å². The summed E-state index contributed by atoms with van der Waals surface area (Å²) in [5.74, 6) is -1.79. The lowest BCUT2D eigenvalue weighted by atomic mass is 9.97. The molecule has 1 fully saturated rings. The highest BCUT2D eigenvalue weighted by atomic mass is 16.4. The Labute approximate surface area is 151 Å². The number of piperidine rings is 1. The van der Waals surface area contributed by atoms with Crippen molar-refractivity contribution in [3.63, 3.8) is 0 Å². The average molecular weight is 361 g/mol. The van der Waals surface area contributed by atoms with Crippen molar-refractivity contribution in [2.75, 3.05) is 26.7 Å². The van der Waals surface area contributed by atoms with Gasteiger partial charge in [-0.15, -0.1) is 0 Å². The van der Waals surface area contributed by atoms with E-state index in [1.807, 2.05) is 0 Å². The van der Waals surface area contributed by atoms with Gasteiger partial charge in [-0.3, -0.25) is 14.4 Å². The maximum Gasteiger partial charge on any atom is 0.306 e. The molecular weight excluding hydrogens is 338 g/mol. The number of benzene rings is 1. The van der Waals surface area contributed by atoms with E-state index in [1.165, 1.54) is 4.90 Å². The summed E-state index contributed by atoms with van der Waals surface area (Å²) in [5.41, 5.74) is 11.5. The van der Waals surface area contributed by atoms with Gasteiger partial charge in [0.05, 0.1) is 18.2 Å². The maximum absolute atomic E-state index is 12.4. The number of hydrogen-bond donors (Lipinski definition) is 3. The zero-order chi connectivity index (χ0) is 19.3. The first kappa shape index (κ1) is 19.2. The molecule has 26 heavy (non-hydrogen) atoms. The first-order valence-electron chi connectivity index (χ1n) is 8.23. The second-order valence-corrected chi connectivity index (χ2v) is 6.24. The van der Waals surface area contributed by atoms with Gasteiger partial charge in [-0.1, -0.05) is 0 Å². The molecule has 0 aliphatic carbocycles. The van der Waals surface area contributed by atoms with Crippen LogP contribution in [-0.4, -0.2) is 65.3 Å². The molecule has 0 aromatic heterocycles. The largest absolute Gasteiger partial charge is 0.481 e. The Kier molecular flexibility index (Phi) is 6.16. The molecule has 9 nitrogen and oxygen atoms in total. The van der Waals surface area contributed by atoms with E-state index in [0.29, 0.717) is 37.2 Å². The molecule has 1 aliphatic heterocycles. The van der Waals surface area contributed by atoms with E-state index in [4.69, 9.17) is 16.6 Å². The van der Waals surface area contributed by atoms with Gasteiger partial charge < -0.3 is 26.4 Å². The van der Waals surface area contributed by atoms with Crippen molar-refractivity contribution in [2.45, 2.75) is 12.8 Å². The molecule has 0 spiro atoms. The summed E-state index contributed by atoms with van der Waals surface area (Å²) in [5, 5.41) is 9.00. The fourth-order valence-corrected chi connectivity index (χ4v) is 2.80. The van der Waals surface area contributed by atoms with E-state index < -0.39 is 11.9 Å². The van der Waals surface area contributed by atoms with Crippen molar-refractivity contribution in [3.05, 3.63) is 29.8 Å². The van der Waals surface area contributed by atoms with Crippen LogP contribution in [0.3, 0.4) is 0 Å². The third-order valence-corrected chi connectivity index (χ3v) is 4.29. The minimum Gasteiger partial charge on any atom is -0.481 e. The number of carboxylic acid groups (broad SMARTS) is 1. The second kappa shape index (κ2) is 8.32. The standard InChI is InChI=1S/C17H23N5O4/c1-21(10-14(23)22-8-6-12(7-9-22)16(25)26)15(24)11-2-4-13(5-3-11)20-17(18)19/h2-5,12H,6-10H2,1H3,(H,25,26)(H4,18,19,20). The number of hydrogen-bond acceptors (Lipinski definition) is 4. The number of carbonyl (C=O) groups excluding carboxylic acids is 2. The lowest BCUT2D eigenvalue weighted by molar-refractivity contribution is -0.145. The fourth-order valence-electron chi connectivity index (χ4n) is 2.80. The number of aliphatic imine (C=N–C) groups is 1. The summed E-state index contributed by atoms with van der Waals surface area (Å²) in [6, 6.07) is 6.39. The topological polar surface area (TPSA) is 142 Å². The first-order chi connectivity index (χ1) is 12.3. The smallest absolute Gasteiger partial charge is 0.306 e. The minimum atomic E-state index is -0.825. The number of aliphatic carboxylic acids is 1. The molecule has 5 N–H and O–H groups in total. The van der Waals surface area contributed by atoms with Gasteiger partial charge in [0.15, 0.2) is 5.96 Å². The van der Waals surface area contributed by atoms with Crippen LogP contribution < -0.4 is 11.5 Å². The summed E-state index contributed by atoms with van der Waals surface area (Å²) in [6.07, 6.45) is 0.871. The van der Waals surface area contributed by atoms with Crippen LogP contribution in [0.15, 0.2) is 29.3 Å². The van der Waals surface area contributed by atoms with Crippen LogP contribution in [0.2, 0.25) is 0 Å². The molecule has 0 unspecified atom stereocenters. The highest BCUT2D eigenvalue weighted by Gasteiger charge is 2.28. The predicted molar refractivity (Wildman–Crippen MR) is 95.8 cm³/mol. The van der Waals surface area contributed by atoms with Crippen molar-refractivity contribution in [1.29, 1.82) is 0 Å². The SMILES string of the molecule is CN(CC(=O)N1CCC(C(=O)O)CC1)C(=O)c1ccc(N=C(N)N)cc1. The van der Waals surface area contributed by atoms with Crippen molar-refractivity contribution < 1.29 is 19.5 Å². The van der Waals surface area contributed by atoms with E-state index in [9.17, 15) is 14.4 Å². The molecule has 1 aromatic rings. The molecule has 1 saturated heterocycles. The molecule has 140 valence electrons. The summed E-state index contributed by atoms with van der Waals surface area (Å²) in [4.78, 5) is 42.5. The number of nitrogens with zero attached hydrogens (tertiary/aromatic N) is 3. The molecular formula is C17H23N5O4. The number of nitrogens with two attached hydrogens (primary N) is 2. The Morgan fingerprint density at radius 2 is 1.77 bits per heavy atom. The van der Waals surface area contributed by atoms with Crippen LogP contribution in [0.1, 0.15) is 23.2 Å². The third kappa shape index (κ3) is 4.95. The molecule has 0 radical (unpaired) electrons. The number of guanidine groups is 1.